The summed E-state index contributed by atoms with van der Waals surface area (Å²) in [6.07, 6.45) is -0.459. The summed E-state index contributed by atoms with van der Waals surface area (Å²) in [7, 11) is 0. The zero-order valence-corrected chi connectivity index (χ0v) is 18.7. The molecule has 0 bridgehead atoms. The topological polar surface area (TPSA) is 115 Å². The van der Waals surface area contributed by atoms with Crippen LogP contribution in [0.1, 0.15) is 31.9 Å². The Hall–Kier alpha value is -4.20. The van der Waals surface area contributed by atoms with Gasteiger partial charge in [-0.3, -0.25) is 0 Å². The predicted octanol–water partition coefficient (Wildman–Crippen LogP) is 5.39. The van der Waals surface area contributed by atoms with Crippen LogP contribution in [-0.2, 0) is 11.3 Å². The van der Waals surface area contributed by atoms with E-state index in [1.807, 2.05) is 63.2 Å². The summed E-state index contributed by atoms with van der Waals surface area (Å²) in [5, 5.41) is 14.4. The molecule has 0 saturated carbocycles. The lowest BCUT2D eigenvalue weighted by Crippen LogP contribution is -2.32. The number of nitrogens with two attached hydrogens (primary N) is 1. The Bertz CT molecular complexity index is 1100. The number of carbonyl (C=O) groups excluding carboxylic acids is 1. The van der Waals surface area contributed by atoms with Crippen LogP contribution in [0.3, 0.4) is 0 Å². The van der Waals surface area contributed by atoms with Crippen LogP contribution >= 0.6 is 0 Å². The van der Waals surface area contributed by atoms with Gasteiger partial charge in [-0.25, -0.2) is 4.79 Å². The van der Waals surface area contributed by atoms with Crippen molar-refractivity contribution in [3.05, 3.63) is 83.9 Å². The van der Waals surface area contributed by atoms with Gasteiger partial charge in [-0.2, -0.15) is 0 Å². The maximum Gasteiger partial charge on any atom is 0.407 e. The smallest absolute Gasteiger partial charge is 0.407 e. The highest BCUT2D eigenvalue weighted by molar-refractivity contribution is 5.97. The van der Waals surface area contributed by atoms with E-state index in [0.717, 1.165) is 5.56 Å². The Labute approximate surface area is 192 Å². The van der Waals surface area contributed by atoms with Crippen molar-refractivity contribution in [1.82, 2.24) is 5.32 Å². The molecule has 0 aromatic heterocycles. The van der Waals surface area contributed by atoms with Gasteiger partial charge in [0.15, 0.2) is 5.84 Å². The molecule has 0 atom stereocenters. The number of ether oxygens (including phenoxy) is 3. The van der Waals surface area contributed by atoms with Crippen LogP contribution in [0.4, 0.5) is 4.79 Å². The Kier molecular flexibility index (Phi) is 7.40. The maximum atomic E-state index is 11.8. The molecule has 0 radical (unpaired) electrons. The number of oxime groups is 1. The number of carbonyl (C=O) groups is 1. The monoisotopic (exact) mass is 449 g/mol. The van der Waals surface area contributed by atoms with Crippen molar-refractivity contribution in [2.75, 3.05) is 0 Å². The first-order valence-corrected chi connectivity index (χ1v) is 10.3. The molecule has 0 spiro atoms. The van der Waals surface area contributed by atoms with E-state index in [0.29, 0.717) is 35.1 Å². The number of nitrogens with zero attached hydrogens (tertiary/aromatic N) is 1. The summed E-state index contributed by atoms with van der Waals surface area (Å²) in [4.78, 5) is 11.8. The van der Waals surface area contributed by atoms with Crippen LogP contribution < -0.4 is 20.5 Å². The second kappa shape index (κ2) is 10.4. The van der Waals surface area contributed by atoms with Gasteiger partial charge in [0.05, 0.1) is 0 Å². The van der Waals surface area contributed by atoms with E-state index in [-0.39, 0.29) is 5.84 Å². The molecule has 0 aliphatic rings. The SMILES string of the molecule is CC(C)(C)OC(=O)NCc1ccc(Oc2cccc(Oc3ccc(/C(N)=N/O)cc3)c2)cc1. The van der Waals surface area contributed by atoms with Gasteiger partial charge >= 0.3 is 6.09 Å². The zero-order valence-electron chi connectivity index (χ0n) is 18.7. The molecule has 1 amide bonds. The van der Waals surface area contributed by atoms with Crippen molar-refractivity contribution in [2.45, 2.75) is 32.9 Å². The summed E-state index contributed by atoms with van der Waals surface area (Å²) in [5.74, 6) is 2.49. The lowest BCUT2D eigenvalue weighted by molar-refractivity contribution is 0.0523. The van der Waals surface area contributed by atoms with Crippen LogP contribution in [0.15, 0.2) is 78.0 Å². The Balaban J connectivity index is 1.57. The molecule has 172 valence electrons. The molecule has 3 aromatic carbocycles. The Morgan fingerprint density at radius 3 is 1.97 bits per heavy atom. The fourth-order valence-corrected chi connectivity index (χ4v) is 2.79. The number of benzene rings is 3. The number of amides is 1. The predicted molar refractivity (Wildman–Crippen MR) is 125 cm³/mol. The van der Waals surface area contributed by atoms with Crippen LogP contribution in [0.25, 0.3) is 0 Å². The van der Waals surface area contributed by atoms with Crippen molar-refractivity contribution < 1.29 is 24.2 Å². The lowest BCUT2D eigenvalue weighted by atomic mass is 10.2. The van der Waals surface area contributed by atoms with E-state index >= 15 is 0 Å². The number of rotatable bonds is 7. The molecule has 0 aliphatic heterocycles. The number of nitrogens with one attached hydrogen (secondary N) is 1. The highest BCUT2D eigenvalue weighted by atomic mass is 16.6. The number of alkyl carbamates (subject to hydrolysis) is 1. The van der Waals surface area contributed by atoms with Gasteiger partial charge in [-0.1, -0.05) is 23.4 Å². The van der Waals surface area contributed by atoms with Crippen molar-refractivity contribution >= 4 is 11.9 Å². The molecule has 4 N–H and O–H groups in total. The molecule has 0 fully saturated rings. The molecule has 0 aliphatic carbocycles. The number of amidine groups is 1. The average Bonchev–Trinajstić information content (AvgIpc) is 2.78. The second-order valence-corrected chi connectivity index (χ2v) is 8.19. The third kappa shape index (κ3) is 7.46. The van der Waals surface area contributed by atoms with E-state index < -0.39 is 11.7 Å². The van der Waals surface area contributed by atoms with Crippen molar-refractivity contribution in [2.24, 2.45) is 10.9 Å². The van der Waals surface area contributed by atoms with E-state index in [1.165, 1.54) is 0 Å². The zero-order chi connectivity index (χ0) is 23.8. The van der Waals surface area contributed by atoms with Gasteiger partial charge in [0.1, 0.15) is 28.6 Å². The van der Waals surface area contributed by atoms with Crippen molar-refractivity contribution in [3.8, 4) is 23.0 Å². The number of hydrogen-bond acceptors (Lipinski definition) is 6. The summed E-state index contributed by atoms with van der Waals surface area (Å²) in [5.41, 5.74) is 6.54. The first-order chi connectivity index (χ1) is 15.7. The minimum atomic E-state index is -0.535. The third-order valence-corrected chi connectivity index (χ3v) is 4.29. The molecular formula is C25H27N3O5. The van der Waals surface area contributed by atoms with Gasteiger partial charge in [-0.15, -0.1) is 0 Å². The molecule has 8 nitrogen and oxygen atoms in total. The molecule has 0 saturated heterocycles. The summed E-state index contributed by atoms with van der Waals surface area (Å²) >= 11 is 0. The van der Waals surface area contributed by atoms with E-state index in [9.17, 15) is 4.79 Å². The van der Waals surface area contributed by atoms with Gasteiger partial charge in [0, 0.05) is 18.2 Å². The largest absolute Gasteiger partial charge is 0.457 e. The second-order valence-electron chi connectivity index (χ2n) is 8.19. The van der Waals surface area contributed by atoms with Gasteiger partial charge in [0.25, 0.3) is 0 Å². The summed E-state index contributed by atoms with van der Waals surface area (Å²) < 4.78 is 17.0. The van der Waals surface area contributed by atoms with Crippen LogP contribution in [0.2, 0.25) is 0 Å². The highest BCUT2D eigenvalue weighted by Crippen LogP contribution is 2.28. The fourth-order valence-electron chi connectivity index (χ4n) is 2.79. The molecule has 33 heavy (non-hydrogen) atoms. The standard InChI is InChI=1S/C25H27N3O5/c1-25(2,3)33-24(29)27-16-17-7-11-19(12-8-17)31-21-5-4-6-22(15-21)32-20-13-9-18(10-14-20)23(26)28-30/h4-15,30H,16H2,1-3H3,(H2,26,28)(H,27,29). The van der Waals surface area contributed by atoms with Crippen molar-refractivity contribution in [1.29, 1.82) is 0 Å². The van der Waals surface area contributed by atoms with Gasteiger partial charge < -0.3 is 30.5 Å². The minimum absolute atomic E-state index is 0.0311. The molecule has 0 unspecified atom stereocenters. The maximum absolute atomic E-state index is 11.8. The number of hydrogen-bond donors (Lipinski definition) is 3. The molecule has 3 aromatic rings. The first kappa shape index (κ1) is 23.5. The molecular weight excluding hydrogens is 422 g/mol. The minimum Gasteiger partial charge on any atom is -0.457 e. The lowest BCUT2D eigenvalue weighted by Gasteiger charge is -2.19. The van der Waals surface area contributed by atoms with Gasteiger partial charge in [-0.05, 0) is 74.9 Å². The van der Waals surface area contributed by atoms with Crippen LogP contribution in [-0.4, -0.2) is 22.7 Å². The molecule has 0 heterocycles. The average molecular weight is 450 g/mol. The normalized spacial score (nSPS) is 11.5. The van der Waals surface area contributed by atoms with Gasteiger partial charge in [0.2, 0.25) is 0 Å². The Morgan fingerprint density at radius 2 is 1.45 bits per heavy atom. The Morgan fingerprint density at radius 1 is 0.909 bits per heavy atom. The highest BCUT2D eigenvalue weighted by Gasteiger charge is 2.15. The molecule has 3 rings (SSSR count). The van der Waals surface area contributed by atoms with E-state index in [4.69, 9.17) is 25.2 Å². The van der Waals surface area contributed by atoms with Crippen molar-refractivity contribution in [3.63, 3.8) is 0 Å². The van der Waals surface area contributed by atoms with Crippen LogP contribution in [0.5, 0.6) is 23.0 Å². The third-order valence-electron chi connectivity index (χ3n) is 4.29. The fraction of sp³-hybridized carbons (Fsp3) is 0.200. The summed E-state index contributed by atoms with van der Waals surface area (Å²) in [6.45, 7) is 5.81. The quantitative estimate of drug-likeness (QED) is 0.193. The summed E-state index contributed by atoms with van der Waals surface area (Å²) in [6, 6.07) is 21.5. The van der Waals surface area contributed by atoms with E-state index in [2.05, 4.69) is 10.5 Å². The molecule has 8 heteroatoms. The van der Waals surface area contributed by atoms with Crippen LogP contribution in [0, 0.1) is 0 Å². The first-order valence-electron chi connectivity index (χ1n) is 10.3. The van der Waals surface area contributed by atoms with E-state index in [1.54, 1.807) is 30.3 Å².